The number of aromatic nitrogens is 4. The van der Waals surface area contributed by atoms with E-state index in [1.165, 1.54) is 6.07 Å². The Morgan fingerprint density at radius 1 is 1.08 bits per heavy atom. The second kappa shape index (κ2) is 9.94. The SMILES string of the molecule is Cc1nnc(NC(C)c2cccc(C(F)(F)F)c2)c2cc3c(cc12)n(C)c(=O)n3COCC[Si](C)(C)C. The molecule has 11 heteroatoms. The highest BCUT2D eigenvalue weighted by Gasteiger charge is 2.30. The van der Waals surface area contributed by atoms with Gasteiger partial charge >= 0.3 is 11.9 Å². The van der Waals surface area contributed by atoms with Crippen LogP contribution in [0.25, 0.3) is 21.8 Å². The average molecular weight is 532 g/mol. The van der Waals surface area contributed by atoms with Gasteiger partial charge in [-0.2, -0.15) is 18.3 Å². The Morgan fingerprint density at radius 2 is 1.78 bits per heavy atom. The van der Waals surface area contributed by atoms with E-state index in [0.717, 1.165) is 34.5 Å². The Balaban J connectivity index is 1.72. The molecule has 0 spiro atoms. The number of nitrogens with zero attached hydrogens (tertiary/aromatic N) is 4. The van der Waals surface area contributed by atoms with E-state index >= 15 is 0 Å². The molecule has 0 saturated heterocycles. The topological polar surface area (TPSA) is 74.0 Å². The Kier molecular flexibility index (Phi) is 7.22. The summed E-state index contributed by atoms with van der Waals surface area (Å²) in [5.74, 6) is 0.426. The van der Waals surface area contributed by atoms with Gasteiger partial charge in [0.15, 0.2) is 5.82 Å². The first kappa shape index (κ1) is 26.9. The molecule has 37 heavy (non-hydrogen) atoms. The quantitative estimate of drug-likeness (QED) is 0.220. The first-order chi connectivity index (χ1) is 17.3. The molecule has 1 N–H and O–H groups in total. The molecule has 2 aromatic carbocycles. The van der Waals surface area contributed by atoms with Crippen molar-refractivity contribution in [3.05, 3.63) is 63.7 Å². The van der Waals surface area contributed by atoms with E-state index in [4.69, 9.17) is 4.74 Å². The van der Waals surface area contributed by atoms with Crippen LogP contribution in [0.4, 0.5) is 19.0 Å². The molecule has 2 aromatic heterocycles. The molecule has 0 aliphatic rings. The van der Waals surface area contributed by atoms with Gasteiger partial charge in [0.2, 0.25) is 0 Å². The molecule has 4 rings (SSSR count). The summed E-state index contributed by atoms with van der Waals surface area (Å²) in [7, 11) is 0.447. The van der Waals surface area contributed by atoms with Crippen LogP contribution in [0, 0.1) is 6.92 Å². The van der Waals surface area contributed by atoms with Crippen LogP contribution >= 0.6 is 0 Å². The minimum Gasteiger partial charge on any atom is -0.362 e. The summed E-state index contributed by atoms with van der Waals surface area (Å²) in [5, 5.41) is 13.3. The monoisotopic (exact) mass is 531 g/mol. The number of halogens is 3. The average Bonchev–Trinajstić information content (AvgIpc) is 3.05. The minimum atomic E-state index is -4.42. The number of rotatable bonds is 8. The zero-order chi connectivity index (χ0) is 27.1. The van der Waals surface area contributed by atoms with Gasteiger partial charge in [-0.05, 0) is 49.7 Å². The fourth-order valence-electron chi connectivity index (χ4n) is 4.22. The smallest absolute Gasteiger partial charge is 0.362 e. The third kappa shape index (κ3) is 5.72. The van der Waals surface area contributed by atoms with Crippen molar-refractivity contribution >= 4 is 35.7 Å². The van der Waals surface area contributed by atoms with Gasteiger partial charge < -0.3 is 10.1 Å². The van der Waals surface area contributed by atoms with Crippen molar-refractivity contribution in [3.63, 3.8) is 0 Å². The van der Waals surface area contributed by atoms with E-state index in [1.807, 2.05) is 19.1 Å². The first-order valence-corrected chi connectivity index (χ1v) is 15.8. The van der Waals surface area contributed by atoms with Crippen LogP contribution in [0.15, 0.2) is 41.2 Å². The maximum atomic E-state index is 13.2. The number of imidazole rings is 1. The van der Waals surface area contributed by atoms with Crippen molar-refractivity contribution in [2.75, 3.05) is 11.9 Å². The minimum absolute atomic E-state index is 0.132. The molecule has 1 unspecified atom stereocenters. The summed E-state index contributed by atoms with van der Waals surface area (Å²) >= 11 is 0. The number of nitrogens with one attached hydrogen (secondary N) is 1. The van der Waals surface area contributed by atoms with E-state index in [2.05, 4.69) is 35.2 Å². The Hall–Kier alpha value is -3.18. The Bertz CT molecular complexity index is 1500. The highest BCUT2D eigenvalue weighted by Crippen LogP contribution is 2.33. The van der Waals surface area contributed by atoms with Crippen LogP contribution in [-0.2, 0) is 24.7 Å². The van der Waals surface area contributed by atoms with Gasteiger partial charge in [0, 0.05) is 32.5 Å². The van der Waals surface area contributed by atoms with Gasteiger partial charge in [-0.25, -0.2) is 4.79 Å². The molecule has 0 amide bonds. The summed E-state index contributed by atoms with van der Waals surface area (Å²) in [6, 6.07) is 9.50. The van der Waals surface area contributed by atoms with Crippen LogP contribution in [0.2, 0.25) is 25.7 Å². The summed E-state index contributed by atoms with van der Waals surface area (Å²) in [6.07, 6.45) is -4.42. The zero-order valence-corrected chi connectivity index (χ0v) is 22.9. The van der Waals surface area contributed by atoms with Gasteiger partial charge in [0.1, 0.15) is 6.73 Å². The molecule has 2 heterocycles. The highest BCUT2D eigenvalue weighted by molar-refractivity contribution is 6.76. The van der Waals surface area contributed by atoms with Gasteiger partial charge in [0.25, 0.3) is 0 Å². The standard InChI is InChI=1S/C26H32F3N5O2Si/c1-16(18-8-7-9-19(12-18)26(27,28)29)30-24-21-14-23-22(13-20(21)17(2)31-32-24)33(3)25(35)34(23)15-36-10-11-37(4,5)6/h7-9,12-14,16H,10-11,15H2,1-6H3,(H,30,32). The van der Waals surface area contributed by atoms with E-state index in [0.29, 0.717) is 29.2 Å². The largest absolute Gasteiger partial charge is 0.416 e. The first-order valence-electron chi connectivity index (χ1n) is 12.1. The van der Waals surface area contributed by atoms with Gasteiger partial charge in [0.05, 0.1) is 28.3 Å². The molecule has 4 aromatic rings. The van der Waals surface area contributed by atoms with Crippen LogP contribution in [0.5, 0.6) is 0 Å². The number of ether oxygens (including phenoxy) is 1. The summed E-state index contributed by atoms with van der Waals surface area (Å²) < 4.78 is 48.7. The van der Waals surface area contributed by atoms with E-state index in [9.17, 15) is 18.0 Å². The highest BCUT2D eigenvalue weighted by atomic mass is 28.3. The van der Waals surface area contributed by atoms with Crippen molar-refractivity contribution in [2.45, 2.75) is 58.5 Å². The lowest BCUT2D eigenvalue weighted by atomic mass is 10.0. The number of aryl methyl sites for hydroxylation is 2. The summed E-state index contributed by atoms with van der Waals surface area (Å²) in [5.41, 5.74) is 1.68. The van der Waals surface area contributed by atoms with Gasteiger partial charge in [-0.15, -0.1) is 5.10 Å². The Morgan fingerprint density at radius 3 is 2.46 bits per heavy atom. The number of hydrogen-bond donors (Lipinski definition) is 1. The molecule has 198 valence electrons. The van der Waals surface area contributed by atoms with Crippen LogP contribution < -0.4 is 11.0 Å². The second-order valence-electron chi connectivity index (χ2n) is 10.6. The fourth-order valence-corrected chi connectivity index (χ4v) is 4.97. The molecule has 0 aliphatic carbocycles. The maximum absolute atomic E-state index is 13.2. The summed E-state index contributed by atoms with van der Waals surface area (Å²) in [6.45, 7) is 11.1. The second-order valence-corrected chi connectivity index (χ2v) is 16.2. The van der Waals surface area contributed by atoms with Crippen molar-refractivity contribution in [1.29, 1.82) is 0 Å². The number of fused-ring (bicyclic) bond motifs is 2. The van der Waals surface area contributed by atoms with Crippen molar-refractivity contribution < 1.29 is 17.9 Å². The normalized spacial score (nSPS) is 13.4. The summed E-state index contributed by atoms with van der Waals surface area (Å²) in [4.78, 5) is 13.0. The third-order valence-corrected chi connectivity index (χ3v) is 8.22. The number of alkyl halides is 3. The molecule has 0 fully saturated rings. The van der Waals surface area contributed by atoms with Crippen molar-refractivity contribution in [1.82, 2.24) is 19.3 Å². The van der Waals surface area contributed by atoms with E-state index in [-0.39, 0.29) is 12.4 Å². The molecule has 0 aliphatic heterocycles. The molecule has 0 saturated carbocycles. The molecule has 0 radical (unpaired) electrons. The molecule has 1 atom stereocenters. The number of hydrogen-bond acceptors (Lipinski definition) is 5. The van der Waals surface area contributed by atoms with Crippen LogP contribution in [0.3, 0.4) is 0 Å². The van der Waals surface area contributed by atoms with Crippen LogP contribution in [-0.4, -0.2) is 34.0 Å². The van der Waals surface area contributed by atoms with Gasteiger partial charge in [-0.3, -0.25) is 9.13 Å². The third-order valence-electron chi connectivity index (χ3n) is 6.51. The van der Waals surface area contributed by atoms with E-state index < -0.39 is 25.9 Å². The van der Waals surface area contributed by atoms with Crippen LogP contribution in [0.1, 0.15) is 29.8 Å². The predicted octanol–water partition coefficient (Wildman–Crippen LogP) is 6.10. The molecular weight excluding hydrogens is 499 g/mol. The lowest BCUT2D eigenvalue weighted by molar-refractivity contribution is -0.137. The predicted molar refractivity (Wildman–Crippen MR) is 143 cm³/mol. The fraction of sp³-hybridized carbons (Fsp3) is 0.423. The molecule has 7 nitrogen and oxygen atoms in total. The van der Waals surface area contributed by atoms with Crippen molar-refractivity contribution in [3.8, 4) is 0 Å². The number of benzene rings is 2. The maximum Gasteiger partial charge on any atom is 0.416 e. The van der Waals surface area contributed by atoms with E-state index in [1.54, 1.807) is 29.2 Å². The van der Waals surface area contributed by atoms with Gasteiger partial charge in [-0.1, -0.05) is 31.8 Å². The zero-order valence-electron chi connectivity index (χ0n) is 21.9. The lowest BCUT2D eigenvalue weighted by Crippen LogP contribution is -2.25. The van der Waals surface area contributed by atoms with Crippen molar-refractivity contribution in [2.24, 2.45) is 7.05 Å². The molecular formula is C26H32F3N5O2Si. The molecule has 0 bridgehead atoms. The number of anilines is 1. The lowest BCUT2D eigenvalue weighted by Gasteiger charge is -2.18. The Labute approximate surface area is 214 Å².